The number of anilines is 1. The number of hydrogen-bond donors (Lipinski definition) is 1. The van der Waals surface area contributed by atoms with Gasteiger partial charge < -0.3 is 14.8 Å². The van der Waals surface area contributed by atoms with Crippen LogP contribution in [0.2, 0.25) is 0 Å². The van der Waals surface area contributed by atoms with E-state index in [1.54, 1.807) is 4.68 Å². The monoisotopic (exact) mass is 344 g/mol. The van der Waals surface area contributed by atoms with Crippen molar-refractivity contribution < 1.29 is 14.3 Å². The SMILES string of the molecule is CCN(CC(=O)Nc1c(C)nn(C)c1C)Cc1ccc2c(c1)OCO2. The van der Waals surface area contributed by atoms with E-state index in [1.165, 1.54) is 0 Å². The highest BCUT2D eigenvalue weighted by molar-refractivity contribution is 5.93. The van der Waals surface area contributed by atoms with E-state index < -0.39 is 0 Å². The zero-order chi connectivity index (χ0) is 18.0. The van der Waals surface area contributed by atoms with Gasteiger partial charge in [-0.1, -0.05) is 13.0 Å². The number of amides is 1. The Morgan fingerprint density at radius 3 is 2.76 bits per heavy atom. The van der Waals surface area contributed by atoms with Crippen molar-refractivity contribution in [2.75, 3.05) is 25.2 Å². The molecule has 1 amide bonds. The van der Waals surface area contributed by atoms with Gasteiger partial charge in [0.2, 0.25) is 12.7 Å². The molecule has 0 radical (unpaired) electrons. The molecule has 1 N–H and O–H groups in total. The van der Waals surface area contributed by atoms with Crippen LogP contribution < -0.4 is 14.8 Å². The Bertz CT molecular complexity index is 785. The molecule has 1 aliphatic rings. The van der Waals surface area contributed by atoms with Gasteiger partial charge in [-0.15, -0.1) is 0 Å². The van der Waals surface area contributed by atoms with Crippen LogP contribution in [-0.2, 0) is 18.4 Å². The molecule has 1 aromatic heterocycles. The van der Waals surface area contributed by atoms with Crippen molar-refractivity contribution >= 4 is 11.6 Å². The molecule has 3 rings (SSSR count). The van der Waals surface area contributed by atoms with Crippen molar-refractivity contribution in [1.82, 2.24) is 14.7 Å². The molecule has 1 aliphatic heterocycles. The van der Waals surface area contributed by atoms with E-state index in [0.29, 0.717) is 13.1 Å². The van der Waals surface area contributed by atoms with Gasteiger partial charge in [0.05, 0.1) is 23.6 Å². The molecule has 0 spiro atoms. The fourth-order valence-corrected chi connectivity index (χ4v) is 2.91. The fourth-order valence-electron chi connectivity index (χ4n) is 2.91. The van der Waals surface area contributed by atoms with Gasteiger partial charge in [-0.05, 0) is 38.1 Å². The maximum Gasteiger partial charge on any atom is 0.238 e. The van der Waals surface area contributed by atoms with E-state index >= 15 is 0 Å². The molecule has 0 saturated carbocycles. The maximum absolute atomic E-state index is 12.4. The molecule has 2 aromatic rings. The lowest BCUT2D eigenvalue weighted by molar-refractivity contribution is -0.117. The van der Waals surface area contributed by atoms with E-state index in [2.05, 4.69) is 15.3 Å². The van der Waals surface area contributed by atoms with Crippen molar-refractivity contribution in [3.05, 3.63) is 35.2 Å². The Morgan fingerprint density at radius 2 is 2.08 bits per heavy atom. The van der Waals surface area contributed by atoms with Crippen molar-refractivity contribution in [3.8, 4) is 11.5 Å². The summed E-state index contributed by atoms with van der Waals surface area (Å²) in [4.78, 5) is 14.5. The highest BCUT2D eigenvalue weighted by Gasteiger charge is 2.17. The summed E-state index contributed by atoms with van der Waals surface area (Å²) in [5.74, 6) is 1.49. The Kier molecular flexibility index (Phi) is 4.94. The third kappa shape index (κ3) is 3.76. The number of ether oxygens (including phenoxy) is 2. The molecule has 0 unspecified atom stereocenters. The summed E-state index contributed by atoms with van der Waals surface area (Å²) < 4.78 is 12.5. The second kappa shape index (κ2) is 7.14. The second-order valence-corrected chi connectivity index (χ2v) is 6.21. The minimum atomic E-state index is -0.0400. The molecule has 134 valence electrons. The quantitative estimate of drug-likeness (QED) is 0.870. The number of aryl methyl sites for hydroxylation is 2. The number of hydrogen-bond acceptors (Lipinski definition) is 5. The summed E-state index contributed by atoms with van der Waals surface area (Å²) in [7, 11) is 1.87. The van der Waals surface area contributed by atoms with Gasteiger partial charge in [-0.25, -0.2) is 0 Å². The van der Waals surface area contributed by atoms with E-state index in [9.17, 15) is 4.79 Å². The first-order valence-corrected chi connectivity index (χ1v) is 8.39. The number of carbonyl (C=O) groups excluding carboxylic acids is 1. The number of likely N-dealkylation sites (N-methyl/N-ethyl adjacent to an activating group) is 1. The van der Waals surface area contributed by atoms with Gasteiger partial charge in [-0.2, -0.15) is 5.10 Å². The molecule has 0 aliphatic carbocycles. The first-order valence-electron chi connectivity index (χ1n) is 8.39. The van der Waals surface area contributed by atoms with E-state index in [4.69, 9.17) is 9.47 Å². The minimum Gasteiger partial charge on any atom is -0.454 e. The Balaban J connectivity index is 1.62. The number of fused-ring (bicyclic) bond motifs is 1. The molecule has 25 heavy (non-hydrogen) atoms. The molecule has 0 atom stereocenters. The molecule has 0 fully saturated rings. The van der Waals surface area contributed by atoms with Crippen LogP contribution in [0.15, 0.2) is 18.2 Å². The van der Waals surface area contributed by atoms with Crippen molar-refractivity contribution in [1.29, 1.82) is 0 Å². The zero-order valence-electron chi connectivity index (χ0n) is 15.1. The summed E-state index contributed by atoms with van der Waals surface area (Å²) in [6.07, 6.45) is 0. The van der Waals surface area contributed by atoms with Gasteiger partial charge in [-0.3, -0.25) is 14.4 Å². The van der Waals surface area contributed by atoms with Crippen LogP contribution in [0, 0.1) is 13.8 Å². The third-order valence-electron chi connectivity index (χ3n) is 4.43. The highest BCUT2D eigenvalue weighted by Crippen LogP contribution is 2.32. The number of benzene rings is 1. The lowest BCUT2D eigenvalue weighted by Gasteiger charge is -2.20. The standard InChI is InChI=1S/C18H24N4O3/c1-5-22(9-14-6-7-15-16(8-14)25-11-24-15)10-17(23)19-18-12(2)20-21(4)13(18)3/h6-8H,5,9-11H2,1-4H3,(H,19,23). The van der Waals surface area contributed by atoms with E-state index in [0.717, 1.165) is 40.7 Å². The first-order chi connectivity index (χ1) is 12.0. The highest BCUT2D eigenvalue weighted by atomic mass is 16.7. The van der Waals surface area contributed by atoms with Gasteiger partial charge >= 0.3 is 0 Å². The second-order valence-electron chi connectivity index (χ2n) is 6.21. The Labute approximate surface area is 147 Å². The van der Waals surface area contributed by atoms with Crippen LogP contribution in [0.5, 0.6) is 11.5 Å². The first kappa shape index (κ1) is 17.3. The molecule has 1 aromatic carbocycles. The summed E-state index contributed by atoms with van der Waals surface area (Å²) in [5, 5.41) is 7.31. The molecule has 2 heterocycles. The summed E-state index contributed by atoms with van der Waals surface area (Å²) in [6.45, 7) is 7.91. The molecular weight excluding hydrogens is 320 g/mol. The zero-order valence-corrected chi connectivity index (χ0v) is 15.1. The Hall–Kier alpha value is -2.54. The average molecular weight is 344 g/mol. The van der Waals surface area contributed by atoms with Crippen LogP contribution in [-0.4, -0.2) is 40.5 Å². The van der Waals surface area contributed by atoms with Crippen molar-refractivity contribution in [3.63, 3.8) is 0 Å². The van der Waals surface area contributed by atoms with Crippen LogP contribution >= 0.6 is 0 Å². The normalized spacial score (nSPS) is 12.7. The number of nitrogens with one attached hydrogen (secondary N) is 1. The predicted molar refractivity (Wildman–Crippen MR) is 94.8 cm³/mol. The van der Waals surface area contributed by atoms with E-state index in [1.807, 2.05) is 46.0 Å². The number of nitrogens with zero attached hydrogens (tertiary/aromatic N) is 3. The van der Waals surface area contributed by atoms with Crippen molar-refractivity contribution in [2.24, 2.45) is 7.05 Å². The topological polar surface area (TPSA) is 68.6 Å². The van der Waals surface area contributed by atoms with Crippen LogP contribution in [0.3, 0.4) is 0 Å². The smallest absolute Gasteiger partial charge is 0.238 e. The average Bonchev–Trinajstić information content (AvgIpc) is 3.14. The van der Waals surface area contributed by atoms with Gasteiger partial charge in [0.1, 0.15) is 0 Å². The van der Waals surface area contributed by atoms with E-state index in [-0.39, 0.29) is 12.7 Å². The molecule has 7 nitrogen and oxygen atoms in total. The lowest BCUT2D eigenvalue weighted by Crippen LogP contribution is -2.33. The molecule has 7 heteroatoms. The van der Waals surface area contributed by atoms with Gasteiger partial charge in [0.25, 0.3) is 0 Å². The Morgan fingerprint density at radius 1 is 1.32 bits per heavy atom. The predicted octanol–water partition coefficient (Wildman–Crippen LogP) is 2.23. The summed E-state index contributed by atoms with van der Waals surface area (Å²) >= 11 is 0. The van der Waals surface area contributed by atoms with Gasteiger partial charge in [0, 0.05) is 13.6 Å². The van der Waals surface area contributed by atoms with Gasteiger partial charge in [0.15, 0.2) is 11.5 Å². The maximum atomic E-state index is 12.4. The lowest BCUT2D eigenvalue weighted by atomic mass is 10.2. The van der Waals surface area contributed by atoms with Crippen molar-refractivity contribution in [2.45, 2.75) is 27.3 Å². The summed E-state index contributed by atoms with van der Waals surface area (Å²) in [5.41, 5.74) is 3.66. The minimum absolute atomic E-state index is 0.0400. The number of carbonyl (C=O) groups is 1. The number of rotatable bonds is 6. The third-order valence-corrected chi connectivity index (χ3v) is 4.43. The fraction of sp³-hybridized carbons (Fsp3) is 0.444. The summed E-state index contributed by atoms with van der Waals surface area (Å²) in [6, 6.07) is 5.88. The van der Waals surface area contributed by atoms with Crippen LogP contribution in [0.25, 0.3) is 0 Å². The number of aromatic nitrogens is 2. The molecular formula is C18H24N4O3. The largest absolute Gasteiger partial charge is 0.454 e. The molecule has 0 bridgehead atoms. The molecule has 0 saturated heterocycles. The van der Waals surface area contributed by atoms with Crippen LogP contribution in [0.4, 0.5) is 5.69 Å². The van der Waals surface area contributed by atoms with Crippen LogP contribution in [0.1, 0.15) is 23.9 Å².